The summed E-state index contributed by atoms with van der Waals surface area (Å²) in [5.74, 6) is -0.376. The lowest BCUT2D eigenvalue weighted by Crippen LogP contribution is -2.18. The molecule has 0 spiro atoms. The number of aryl methyl sites for hydroxylation is 1. The number of rotatable bonds is 2. The van der Waals surface area contributed by atoms with E-state index < -0.39 is 0 Å². The molecule has 2 aromatic heterocycles. The Morgan fingerprint density at radius 2 is 1.54 bits per heavy atom. The van der Waals surface area contributed by atoms with Crippen LogP contribution in [0.25, 0.3) is 21.8 Å². The number of fused-ring (bicyclic) bond motifs is 5. The number of nitrogens with zero attached hydrogens (tertiary/aromatic N) is 2. The molecule has 4 aromatic rings. The van der Waals surface area contributed by atoms with Gasteiger partial charge in [0.1, 0.15) is 0 Å². The highest BCUT2D eigenvalue weighted by molar-refractivity contribution is 6.05. The molecule has 24 heavy (non-hydrogen) atoms. The highest BCUT2D eigenvalue weighted by Crippen LogP contribution is 2.25. The second-order valence-corrected chi connectivity index (χ2v) is 5.64. The normalized spacial score (nSPS) is 11.4. The van der Waals surface area contributed by atoms with E-state index in [1.807, 2.05) is 49.4 Å². The molecule has 0 saturated carbocycles. The first-order valence-corrected chi connectivity index (χ1v) is 7.86. The van der Waals surface area contributed by atoms with Crippen LogP contribution in [0.5, 0.6) is 0 Å². The Morgan fingerprint density at radius 3 is 2.21 bits per heavy atom. The number of carbonyl (C=O) groups excluding carboxylic acids is 1. The van der Waals surface area contributed by atoms with Crippen LogP contribution in [-0.4, -0.2) is 21.6 Å². The number of hydrogen-bond acceptors (Lipinski definition) is 3. The summed E-state index contributed by atoms with van der Waals surface area (Å²) in [6.07, 6.45) is 0. The minimum atomic E-state index is -0.376. The smallest absolute Gasteiger partial charge is 0.340 e. The summed E-state index contributed by atoms with van der Waals surface area (Å²) in [6, 6.07) is 14.8. The van der Waals surface area contributed by atoms with E-state index in [-0.39, 0.29) is 11.5 Å². The molecular formula is C19H16N2O3. The lowest BCUT2D eigenvalue weighted by molar-refractivity contribution is 0.0527. The van der Waals surface area contributed by atoms with Crippen molar-refractivity contribution in [3.63, 3.8) is 0 Å². The average molecular weight is 320 g/mol. The van der Waals surface area contributed by atoms with Crippen LogP contribution in [0.1, 0.15) is 23.0 Å². The van der Waals surface area contributed by atoms with Crippen LogP contribution < -0.4 is 5.56 Å². The summed E-state index contributed by atoms with van der Waals surface area (Å²) < 4.78 is 8.67. The molecule has 0 fully saturated rings. The summed E-state index contributed by atoms with van der Waals surface area (Å²) in [5.41, 5.74) is 2.54. The third kappa shape index (κ3) is 1.81. The van der Waals surface area contributed by atoms with E-state index >= 15 is 0 Å². The molecule has 2 heterocycles. The van der Waals surface area contributed by atoms with Crippen LogP contribution >= 0.6 is 0 Å². The zero-order valence-electron chi connectivity index (χ0n) is 13.4. The minimum absolute atomic E-state index is 0.0969. The topological polar surface area (TPSA) is 52.2 Å². The fourth-order valence-corrected chi connectivity index (χ4v) is 3.33. The van der Waals surface area contributed by atoms with Gasteiger partial charge in [0.2, 0.25) is 0 Å². The van der Waals surface area contributed by atoms with Crippen molar-refractivity contribution in [3.05, 3.63) is 70.1 Å². The monoisotopic (exact) mass is 320 g/mol. The first-order chi connectivity index (χ1) is 11.6. The molecule has 5 nitrogen and oxygen atoms in total. The summed E-state index contributed by atoms with van der Waals surface area (Å²) in [6.45, 7) is 3.92. The first kappa shape index (κ1) is 14.5. The Bertz CT molecular complexity index is 1170. The van der Waals surface area contributed by atoms with Crippen molar-refractivity contribution in [2.24, 2.45) is 0 Å². The maximum atomic E-state index is 12.9. The van der Waals surface area contributed by atoms with Gasteiger partial charge in [0.05, 0.1) is 34.3 Å². The van der Waals surface area contributed by atoms with E-state index in [0.717, 1.165) is 5.52 Å². The van der Waals surface area contributed by atoms with Crippen molar-refractivity contribution in [1.29, 1.82) is 0 Å². The molecule has 0 atom stereocenters. The van der Waals surface area contributed by atoms with Gasteiger partial charge in [0.15, 0.2) is 0 Å². The number of aromatic nitrogens is 2. The molecule has 0 unspecified atom stereocenters. The van der Waals surface area contributed by atoms with Gasteiger partial charge in [-0.1, -0.05) is 30.3 Å². The molecule has 5 heteroatoms. The number of ether oxygens (including phenoxy) is 1. The van der Waals surface area contributed by atoms with Crippen molar-refractivity contribution in [3.8, 4) is 0 Å². The van der Waals surface area contributed by atoms with Crippen LogP contribution in [0, 0.1) is 6.92 Å². The lowest BCUT2D eigenvalue weighted by atomic mass is 10.1. The second-order valence-electron chi connectivity index (χ2n) is 5.64. The van der Waals surface area contributed by atoms with Crippen LogP contribution in [0.4, 0.5) is 0 Å². The molecule has 0 aliphatic heterocycles. The van der Waals surface area contributed by atoms with E-state index in [0.29, 0.717) is 34.2 Å². The summed E-state index contributed by atoms with van der Waals surface area (Å²) in [4.78, 5) is 25.4. The van der Waals surface area contributed by atoms with Crippen LogP contribution in [-0.2, 0) is 4.74 Å². The van der Waals surface area contributed by atoms with Gasteiger partial charge in [-0.15, -0.1) is 0 Å². The fourth-order valence-electron chi connectivity index (χ4n) is 3.33. The van der Waals surface area contributed by atoms with Gasteiger partial charge in [-0.2, -0.15) is 0 Å². The summed E-state index contributed by atoms with van der Waals surface area (Å²) >= 11 is 0. The third-order valence-electron chi connectivity index (χ3n) is 4.32. The fraction of sp³-hybridized carbons (Fsp3) is 0.158. The Morgan fingerprint density at radius 1 is 0.958 bits per heavy atom. The Kier molecular flexibility index (Phi) is 3.16. The highest BCUT2D eigenvalue weighted by atomic mass is 16.5. The van der Waals surface area contributed by atoms with Crippen molar-refractivity contribution >= 4 is 27.8 Å². The number of benzene rings is 2. The maximum absolute atomic E-state index is 12.9. The van der Waals surface area contributed by atoms with Crippen LogP contribution in [0.2, 0.25) is 0 Å². The van der Waals surface area contributed by atoms with Gasteiger partial charge in [-0.25, -0.2) is 13.8 Å². The van der Waals surface area contributed by atoms with Crippen LogP contribution in [0.3, 0.4) is 0 Å². The molecule has 0 aliphatic rings. The zero-order valence-corrected chi connectivity index (χ0v) is 13.4. The lowest BCUT2D eigenvalue weighted by Gasteiger charge is -2.14. The van der Waals surface area contributed by atoms with E-state index in [4.69, 9.17) is 4.74 Å². The number of carbonyl (C=O) groups is 1. The van der Waals surface area contributed by atoms with E-state index in [9.17, 15) is 9.59 Å². The Hall–Kier alpha value is -3.08. The predicted molar refractivity (Wildman–Crippen MR) is 92.8 cm³/mol. The van der Waals surface area contributed by atoms with Crippen molar-refractivity contribution in [2.45, 2.75) is 13.8 Å². The van der Waals surface area contributed by atoms with Crippen molar-refractivity contribution < 1.29 is 9.53 Å². The van der Waals surface area contributed by atoms with Gasteiger partial charge < -0.3 is 4.74 Å². The van der Waals surface area contributed by atoms with Gasteiger partial charge >= 0.3 is 5.97 Å². The van der Waals surface area contributed by atoms with Crippen LogP contribution in [0.15, 0.2) is 53.3 Å². The van der Waals surface area contributed by atoms with E-state index in [1.54, 1.807) is 22.0 Å². The molecule has 4 rings (SSSR count). The number of esters is 1. The average Bonchev–Trinajstić information content (AvgIpc) is 2.89. The van der Waals surface area contributed by atoms with Gasteiger partial charge in [0.25, 0.3) is 5.56 Å². The van der Waals surface area contributed by atoms with Gasteiger partial charge in [-0.05, 0) is 32.0 Å². The van der Waals surface area contributed by atoms with Gasteiger partial charge in [0, 0.05) is 5.39 Å². The molecule has 0 bridgehead atoms. The summed E-state index contributed by atoms with van der Waals surface area (Å²) in [5, 5.41) is 1.34. The molecule has 0 amide bonds. The number of para-hydroxylation sites is 2. The molecular weight excluding hydrogens is 304 g/mol. The predicted octanol–water partition coefficient (Wildman–Crippen LogP) is 3.19. The molecule has 0 radical (unpaired) electrons. The zero-order chi connectivity index (χ0) is 16.8. The first-order valence-electron chi connectivity index (χ1n) is 7.86. The number of hydrogen-bond donors (Lipinski definition) is 0. The molecule has 120 valence electrons. The molecule has 2 aromatic carbocycles. The molecule has 0 aliphatic carbocycles. The maximum Gasteiger partial charge on any atom is 0.340 e. The van der Waals surface area contributed by atoms with Crippen molar-refractivity contribution in [1.82, 2.24) is 9.03 Å². The Labute approximate surface area is 137 Å². The second kappa shape index (κ2) is 5.23. The van der Waals surface area contributed by atoms with Gasteiger partial charge in [-0.3, -0.25) is 4.79 Å². The SMILES string of the molecule is CCOC(=O)c1c(C)n2c3ccccc3c(=O)n2c2ccccc12. The van der Waals surface area contributed by atoms with E-state index in [2.05, 4.69) is 0 Å². The quantitative estimate of drug-likeness (QED) is 0.533. The highest BCUT2D eigenvalue weighted by Gasteiger charge is 2.21. The summed E-state index contributed by atoms with van der Waals surface area (Å²) in [7, 11) is 0. The minimum Gasteiger partial charge on any atom is -0.462 e. The molecule has 0 N–H and O–H groups in total. The van der Waals surface area contributed by atoms with E-state index in [1.165, 1.54) is 0 Å². The molecule has 0 saturated heterocycles. The third-order valence-corrected chi connectivity index (χ3v) is 4.32. The van der Waals surface area contributed by atoms with Crippen molar-refractivity contribution in [2.75, 3.05) is 6.61 Å². The largest absolute Gasteiger partial charge is 0.462 e. The standard InChI is InChI=1S/C19H16N2O3/c1-3-24-19(23)17-12(2)20-16-11-7-5-9-14(16)18(22)21(20)15-10-6-4-8-13(15)17/h4-11H,3H2,1-2H3. The Balaban J connectivity index is 2.32.